The van der Waals surface area contributed by atoms with E-state index in [0.717, 1.165) is 53.0 Å². The van der Waals surface area contributed by atoms with Crippen molar-refractivity contribution in [2.75, 3.05) is 20.2 Å². The highest BCUT2D eigenvalue weighted by Gasteiger charge is 2.08. The fourth-order valence-electron chi connectivity index (χ4n) is 3.87. The summed E-state index contributed by atoms with van der Waals surface area (Å²) in [6.07, 6.45) is 26.5. The summed E-state index contributed by atoms with van der Waals surface area (Å²) in [7, 11) is 2.00. The fraction of sp³-hybridized carbons (Fsp3) is 0.361. The van der Waals surface area contributed by atoms with Gasteiger partial charge in [0.05, 0.1) is 0 Å². The van der Waals surface area contributed by atoms with Crippen LogP contribution in [0.1, 0.15) is 63.5 Å². The second-order valence-corrected chi connectivity index (χ2v) is 9.61. The third-order valence-corrected chi connectivity index (χ3v) is 6.38. The first kappa shape index (κ1) is 35.5. The first-order valence-electron chi connectivity index (χ1n) is 14.4. The standard InChI is InChI=1S/C28H40N2O.C8H8F2/c1-6-9-16-28(26(8-3)23-31-27-15-13-21-30-22-19-27)25(7-2)18-17-24(4)14-11-10-12-20-29-5;1-6-2-3-8(10)4-7(6)5-9/h7-9,13,15-18,21-22,29H,3-4,6,10-12,14,19-20,23H2,1-2,5H3;2-4H,5H2,1H3/b16-9-,18-17-,25-7+,28-26-;. The van der Waals surface area contributed by atoms with Crippen molar-refractivity contribution in [3.05, 3.63) is 131 Å². The van der Waals surface area contributed by atoms with Crippen LogP contribution in [0.2, 0.25) is 0 Å². The molecule has 222 valence electrons. The Morgan fingerprint density at radius 3 is 2.63 bits per heavy atom. The van der Waals surface area contributed by atoms with Crippen molar-refractivity contribution in [3.8, 4) is 0 Å². The second-order valence-electron chi connectivity index (χ2n) is 9.61. The Bertz CT molecular complexity index is 1170. The van der Waals surface area contributed by atoms with Gasteiger partial charge in [-0.1, -0.05) is 74.6 Å². The van der Waals surface area contributed by atoms with Gasteiger partial charge in [-0.3, -0.25) is 4.99 Å². The molecule has 1 aliphatic heterocycles. The van der Waals surface area contributed by atoms with Gasteiger partial charge in [-0.25, -0.2) is 8.78 Å². The number of aliphatic imine (C=N–C) groups is 1. The summed E-state index contributed by atoms with van der Waals surface area (Å²) in [4.78, 5) is 4.15. The van der Waals surface area contributed by atoms with Gasteiger partial charge < -0.3 is 10.1 Å². The topological polar surface area (TPSA) is 33.6 Å². The molecule has 3 nitrogen and oxygen atoms in total. The Morgan fingerprint density at radius 2 is 1.98 bits per heavy atom. The Balaban J connectivity index is 0.000000702. The van der Waals surface area contributed by atoms with Gasteiger partial charge in [0.2, 0.25) is 0 Å². The molecule has 0 aromatic heterocycles. The van der Waals surface area contributed by atoms with Crippen molar-refractivity contribution in [2.24, 2.45) is 4.99 Å². The number of allylic oxidation sites excluding steroid dienone is 11. The average molecular weight is 563 g/mol. The van der Waals surface area contributed by atoms with E-state index in [1.165, 1.54) is 31.4 Å². The fourth-order valence-corrected chi connectivity index (χ4v) is 3.87. The highest BCUT2D eigenvalue weighted by Crippen LogP contribution is 2.22. The number of nitrogens with zero attached hydrogens (tertiary/aromatic N) is 1. The zero-order valence-corrected chi connectivity index (χ0v) is 25.4. The van der Waals surface area contributed by atoms with Crippen LogP contribution in [0, 0.1) is 12.7 Å². The van der Waals surface area contributed by atoms with Crippen molar-refractivity contribution in [3.63, 3.8) is 0 Å². The van der Waals surface area contributed by atoms with E-state index >= 15 is 0 Å². The lowest BCUT2D eigenvalue weighted by atomic mass is 9.97. The molecule has 0 spiro atoms. The van der Waals surface area contributed by atoms with Crippen molar-refractivity contribution < 1.29 is 13.5 Å². The molecular formula is C36H48F2N2O. The first-order chi connectivity index (χ1) is 19.9. The molecule has 0 fully saturated rings. The number of benzene rings is 1. The van der Waals surface area contributed by atoms with E-state index in [9.17, 15) is 8.78 Å². The summed E-state index contributed by atoms with van der Waals surface area (Å²) in [5, 5.41) is 3.20. The van der Waals surface area contributed by atoms with E-state index in [0.29, 0.717) is 18.6 Å². The van der Waals surface area contributed by atoms with Crippen LogP contribution in [0.5, 0.6) is 0 Å². The van der Waals surface area contributed by atoms with Crippen LogP contribution in [0.25, 0.3) is 0 Å². The molecule has 2 rings (SSSR count). The molecule has 1 aromatic rings. The van der Waals surface area contributed by atoms with Gasteiger partial charge in [-0.15, -0.1) is 0 Å². The predicted octanol–water partition coefficient (Wildman–Crippen LogP) is 9.77. The summed E-state index contributed by atoms with van der Waals surface area (Å²) in [5.41, 5.74) is 5.73. The van der Waals surface area contributed by atoms with Crippen LogP contribution in [0.3, 0.4) is 0 Å². The normalized spacial score (nSPS) is 13.9. The van der Waals surface area contributed by atoms with Crippen LogP contribution < -0.4 is 5.32 Å². The van der Waals surface area contributed by atoms with Crippen LogP contribution in [0.15, 0.2) is 119 Å². The third-order valence-electron chi connectivity index (χ3n) is 6.38. The quantitative estimate of drug-likeness (QED) is 0.161. The molecule has 0 aliphatic carbocycles. The smallest absolute Gasteiger partial charge is 0.123 e. The number of hydrogen-bond acceptors (Lipinski definition) is 3. The highest BCUT2D eigenvalue weighted by molar-refractivity contribution is 5.62. The zero-order chi connectivity index (χ0) is 30.3. The van der Waals surface area contributed by atoms with Gasteiger partial charge in [-0.2, -0.15) is 0 Å². The van der Waals surface area contributed by atoms with E-state index < -0.39 is 6.67 Å². The summed E-state index contributed by atoms with van der Waals surface area (Å²) < 4.78 is 30.4. The molecule has 0 unspecified atom stereocenters. The molecule has 1 aromatic carbocycles. The van der Waals surface area contributed by atoms with Crippen molar-refractivity contribution in [1.29, 1.82) is 0 Å². The second kappa shape index (κ2) is 22.2. The molecule has 41 heavy (non-hydrogen) atoms. The first-order valence-corrected chi connectivity index (χ1v) is 14.4. The number of unbranched alkanes of at least 4 members (excludes halogenated alkanes) is 2. The van der Waals surface area contributed by atoms with E-state index in [1.54, 1.807) is 19.2 Å². The molecule has 0 atom stereocenters. The lowest BCUT2D eigenvalue weighted by Gasteiger charge is -2.14. The molecule has 1 aliphatic rings. The minimum atomic E-state index is -0.594. The Labute approximate surface area is 247 Å². The number of nitrogens with one attached hydrogen (secondary N) is 1. The number of alkyl halides is 1. The van der Waals surface area contributed by atoms with Gasteiger partial charge in [0.25, 0.3) is 0 Å². The molecule has 0 radical (unpaired) electrons. The van der Waals surface area contributed by atoms with Gasteiger partial charge >= 0.3 is 0 Å². The number of ether oxygens (including phenoxy) is 1. The minimum Gasteiger partial charge on any atom is -0.493 e. The van der Waals surface area contributed by atoms with E-state index in [-0.39, 0.29) is 5.82 Å². The maximum Gasteiger partial charge on any atom is 0.123 e. The SMILES string of the molecule is C=C/C(COC1=CC=CN=CC1)=C(\C=C/CC)C(/C=C\C(=C)CCCCCNC)=C/C.Cc1ccc(F)cc1CF. The summed E-state index contributed by atoms with van der Waals surface area (Å²) in [6.45, 7) is 15.2. The number of rotatable bonds is 16. The lowest BCUT2D eigenvalue weighted by molar-refractivity contribution is 0.239. The number of aryl methyl sites for hydroxylation is 1. The van der Waals surface area contributed by atoms with E-state index in [2.05, 4.69) is 67.7 Å². The largest absolute Gasteiger partial charge is 0.493 e. The Morgan fingerprint density at radius 1 is 1.17 bits per heavy atom. The van der Waals surface area contributed by atoms with E-state index in [1.807, 2.05) is 31.5 Å². The molecule has 5 heteroatoms. The highest BCUT2D eigenvalue weighted by atomic mass is 19.1. The van der Waals surface area contributed by atoms with Gasteiger partial charge in [0.1, 0.15) is 24.9 Å². The van der Waals surface area contributed by atoms with E-state index in [4.69, 9.17) is 4.74 Å². The summed E-state index contributed by atoms with van der Waals surface area (Å²) >= 11 is 0. The molecule has 0 amide bonds. The van der Waals surface area contributed by atoms with Crippen LogP contribution >= 0.6 is 0 Å². The number of hydrogen-bond donors (Lipinski definition) is 1. The molecule has 1 heterocycles. The lowest BCUT2D eigenvalue weighted by Crippen LogP contribution is -2.06. The minimum absolute atomic E-state index is 0.377. The van der Waals surface area contributed by atoms with Crippen molar-refractivity contribution in [2.45, 2.75) is 66.0 Å². The van der Waals surface area contributed by atoms with Crippen molar-refractivity contribution >= 4 is 6.21 Å². The maximum atomic E-state index is 12.4. The predicted molar refractivity (Wildman–Crippen MR) is 173 cm³/mol. The molecule has 1 N–H and O–H groups in total. The monoisotopic (exact) mass is 562 g/mol. The molecule has 0 saturated carbocycles. The van der Waals surface area contributed by atoms with Gasteiger partial charge in [0, 0.05) is 18.8 Å². The maximum absolute atomic E-state index is 12.4. The number of halogens is 2. The molecule has 0 saturated heterocycles. The average Bonchev–Trinajstić information content (AvgIpc) is 3.26. The molecular weight excluding hydrogens is 514 g/mol. The van der Waals surface area contributed by atoms with Gasteiger partial charge in [0.15, 0.2) is 0 Å². The summed E-state index contributed by atoms with van der Waals surface area (Å²) in [5.74, 6) is 0.526. The molecule has 0 bridgehead atoms. The van der Waals surface area contributed by atoms with Crippen LogP contribution in [0.4, 0.5) is 8.78 Å². The summed E-state index contributed by atoms with van der Waals surface area (Å²) in [6, 6.07) is 4.12. The Kier molecular flexibility index (Phi) is 19.2. The van der Waals surface area contributed by atoms with Crippen molar-refractivity contribution in [1.82, 2.24) is 5.32 Å². The van der Waals surface area contributed by atoms with Crippen LogP contribution in [-0.4, -0.2) is 26.4 Å². The Hall–Kier alpha value is -3.57. The van der Waals surface area contributed by atoms with Gasteiger partial charge in [-0.05, 0) is 105 Å². The van der Waals surface area contributed by atoms with Crippen LogP contribution in [-0.2, 0) is 11.4 Å². The third kappa shape index (κ3) is 15.1. The zero-order valence-electron chi connectivity index (χ0n) is 25.4.